The maximum Gasteiger partial charge on any atom is 0.234 e. The molecule has 1 heterocycles. The van der Waals surface area contributed by atoms with Crippen molar-refractivity contribution in [3.8, 4) is 5.75 Å². The number of hydrogen-bond acceptors (Lipinski definition) is 5. The van der Waals surface area contributed by atoms with Gasteiger partial charge in [-0.15, -0.1) is 16.8 Å². The number of halogens is 3. The van der Waals surface area contributed by atoms with Gasteiger partial charge >= 0.3 is 0 Å². The van der Waals surface area contributed by atoms with Crippen LogP contribution in [0.4, 0.5) is 5.69 Å². The van der Waals surface area contributed by atoms with Gasteiger partial charge in [0.05, 0.1) is 27.5 Å². The van der Waals surface area contributed by atoms with Crippen molar-refractivity contribution in [3.63, 3.8) is 0 Å². The molecule has 1 aromatic heterocycles. The topological polar surface area (TPSA) is 69.0 Å². The molecule has 0 fully saturated rings. The summed E-state index contributed by atoms with van der Waals surface area (Å²) in [6.07, 6.45) is 3.21. The van der Waals surface area contributed by atoms with Crippen LogP contribution in [-0.4, -0.2) is 33.0 Å². The van der Waals surface area contributed by atoms with Crippen molar-refractivity contribution < 1.29 is 9.53 Å². The Kier molecular flexibility index (Phi) is 9.88. The lowest BCUT2D eigenvalue weighted by atomic mass is 10.1. The highest BCUT2D eigenvalue weighted by molar-refractivity contribution is 9.10. The lowest BCUT2D eigenvalue weighted by Crippen LogP contribution is -2.16. The van der Waals surface area contributed by atoms with Crippen LogP contribution in [0.5, 0.6) is 5.75 Å². The van der Waals surface area contributed by atoms with E-state index in [1.165, 1.54) is 11.8 Å². The molecule has 0 spiro atoms. The predicted molar refractivity (Wildman–Crippen MR) is 143 cm³/mol. The molecule has 3 aromatic rings. The molecule has 0 saturated heterocycles. The van der Waals surface area contributed by atoms with Gasteiger partial charge in [-0.05, 0) is 71.6 Å². The number of rotatable bonds is 11. The molecule has 0 radical (unpaired) electrons. The number of amides is 1. The summed E-state index contributed by atoms with van der Waals surface area (Å²) in [4.78, 5) is 12.5. The number of carbonyl (C=O) groups is 1. The third kappa shape index (κ3) is 7.25. The Morgan fingerprint density at radius 1 is 1.26 bits per heavy atom. The van der Waals surface area contributed by atoms with Gasteiger partial charge in [-0.1, -0.05) is 47.1 Å². The average Bonchev–Trinajstić information content (AvgIpc) is 3.15. The van der Waals surface area contributed by atoms with E-state index < -0.39 is 0 Å². The van der Waals surface area contributed by atoms with Crippen molar-refractivity contribution in [1.82, 2.24) is 14.8 Å². The highest BCUT2D eigenvalue weighted by Crippen LogP contribution is 2.29. The highest BCUT2D eigenvalue weighted by atomic mass is 79.9. The lowest BCUT2D eigenvalue weighted by molar-refractivity contribution is -0.113. The number of nitrogens with zero attached hydrogens (tertiary/aromatic N) is 3. The van der Waals surface area contributed by atoms with Crippen molar-refractivity contribution in [1.29, 1.82) is 0 Å². The van der Waals surface area contributed by atoms with Gasteiger partial charge in [0.2, 0.25) is 5.91 Å². The summed E-state index contributed by atoms with van der Waals surface area (Å²) in [6, 6.07) is 9.23. The van der Waals surface area contributed by atoms with Gasteiger partial charge < -0.3 is 14.6 Å². The fourth-order valence-electron chi connectivity index (χ4n) is 3.31. The molecule has 3 rings (SSSR count). The van der Waals surface area contributed by atoms with Gasteiger partial charge in [0, 0.05) is 18.0 Å². The average molecular weight is 584 g/mol. The van der Waals surface area contributed by atoms with Gasteiger partial charge in [-0.25, -0.2) is 0 Å². The molecular weight excluding hydrogens is 559 g/mol. The highest BCUT2D eigenvalue weighted by Gasteiger charge is 2.15. The number of benzene rings is 2. The number of ether oxygens (including phenoxy) is 1. The van der Waals surface area contributed by atoms with Crippen LogP contribution >= 0.6 is 50.9 Å². The maximum atomic E-state index is 12.5. The van der Waals surface area contributed by atoms with Crippen LogP contribution in [0, 0.1) is 13.8 Å². The van der Waals surface area contributed by atoms with Crippen molar-refractivity contribution in [3.05, 3.63) is 74.5 Å². The first-order valence-electron chi connectivity index (χ1n) is 10.6. The molecule has 10 heteroatoms. The number of anilines is 1. The third-order valence-electron chi connectivity index (χ3n) is 4.83. The summed E-state index contributed by atoms with van der Waals surface area (Å²) in [7, 11) is 0. The van der Waals surface area contributed by atoms with Crippen LogP contribution in [0.15, 0.2) is 52.6 Å². The standard InChI is InChI=1S/C24H25BrCl2N4O2S/c1-4-9-31-21(6-5-10-33-20-8-7-17(26)13-18(20)25)29-30-24(31)34-14-22(32)28-23-16(3)11-15(2)12-19(23)27/h4,7-8,11-13H,1,5-6,9-10,14H2,2-3H3,(H,28,32). The molecule has 0 aliphatic heterocycles. The zero-order valence-electron chi connectivity index (χ0n) is 18.9. The van der Waals surface area contributed by atoms with E-state index in [1.807, 2.05) is 36.6 Å². The van der Waals surface area contributed by atoms with Crippen LogP contribution in [0.25, 0.3) is 0 Å². The Morgan fingerprint density at radius 3 is 2.76 bits per heavy atom. The number of aromatic nitrogens is 3. The maximum absolute atomic E-state index is 12.5. The van der Waals surface area contributed by atoms with E-state index in [2.05, 4.69) is 38.0 Å². The molecule has 180 valence electrons. The van der Waals surface area contributed by atoms with E-state index in [4.69, 9.17) is 27.9 Å². The minimum Gasteiger partial charge on any atom is -0.492 e. The van der Waals surface area contributed by atoms with Gasteiger partial charge in [-0.2, -0.15) is 0 Å². The Labute approximate surface area is 222 Å². The fourth-order valence-corrected chi connectivity index (χ4v) is 5.24. The van der Waals surface area contributed by atoms with E-state index in [-0.39, 0.29) is 11.7 Å². The van der Waals surface area contributed by atoms with E-state index in [9.17, 15) is 4.79 Å². The van der Waals surface area contributed by atoms with Gasteiger partial charge in [0.15, 0.2) is 5.16 Å². The first-order chi connectivity index (χ1) is 16.3. The number of hydrogen-bond donors (Lipinski definition) is 1. The first kappa shape index (κ1) is 26.6. The monoisotopic (exact) mass is 582 g/mol. The van der Waals surface area contributed by atoms with Crippen molar-refractivity contribution in [2.75, 3.05) is 17.7 Å². The zero-order chi connectivity index (χ0) is 24.7. The van der Waals surface area contributed by atoms with Gasteiger partial charge in [0.25, 0.3) is 0 Å². The molecule has 0 atom stereocenters. The van der Waals surface area contributed by atoms with Gasteiger partial charge in [0.1, 0.15) is 11.6 Å². The number of allylic oxidation sites excluding steroid dienone is 1. The summed E-state index contributed by atoms with van der Waals surface area (Å²) in [6.45, 7) is 8.78. The summed E-state index contributed by atoms with van der Waals surface area (Å²) >= 11 is 17.0. The van der Waals surface area contributed by atoms with Crippen molar-refractivity contribution in [2.45, 2.75) is 38.4 Å². The van der Waals surface area contributed by atoms with E-state index >= 15 is 0 Å². The van der Waals surface area contributed by atoms with Crippen molar-refractivity contribution in [2.24, 2.45) is 0 Å². The molecule has 2 aromatic carbocycles. The third-order valence-corrected chi connectivity index (χ3v) is 6.95. The summed E-state index contributed by atoms with van der Waals surface area (Å²) in [5.41, 5.74) is 2.61. The van der Waals surface area contributed by atoms with Crippen molar-refractivity contribution >= 4 is 62.5 Å². The minimum absolute atomic E-state index is 0.157. The summed E-state index contributed by atoms with van der Waals surface area (Å²) in [5.74, 6) is 1.59. The summed E-state index contributed by atoms with van der Waals surface area (Å²) < 4.78 is 8.61. The second-order valence-corrected chi connectivity index (χ2v) is 10.2. The minimum atomic E-state index is -0.157. The smallest absolute Gasteiger partial charge is 0.234 e. The van der Waals surface area contributed by atoms with E-state index in [0.29, 0.717) is 40.5 Å². The largest absolute Gasteiger partial charge is 0.492 e. The van der Waals surface area contributed by atoms with E-state index in [0.717, 1.165) is 33.6 Å². The normalized spacial score (nSPS) is 10.9. The molecular formula is C24H25BrCl2N4O2S. The molecule has 0 aliphatic carbocycles. The molecule has 1 amide bonds. The molecule has 0 unspecified atom stereocenters. The van der Waals surface area contributed by atoms with Crippen LogP contribution in [0.3, 0.4) is 0 Å². The fraction of sp³-hybridized carbons (Fsp3) is 0.292. The Morgan fingerprint density at radius 2 is 2.06 bits per heavy atom. The molecule has 6 nitrogen and oxygen atoms in total. The summed E-state index contributed by atoms with van der Waals surface area (Å²) in [5, 5.41) is 13.3. The molecule has 34 heavy (non-hydrogen) atoms. The van der Waals surface area contributed by atoms with Crippen LogP contribution in [0.1, 0.15) is 23.4 Å². The van der Waals surface area contributed by atoms with E-state index in [1.54, 1.807) is 18.2 Å². The van der Waals surface area contributed by atoms with Gasteiger partial charge in [-0.3, -0.25) is 4.79 Å². The van der Waals surface area contributed by atoms with Crippen LogP contribution in [0.2, 0.25) is 10.0 Å². The number of carbonyl (C=O) groups excluding carboxylic acids is 1. The quantitative estimate of drug-likeness (QED) is 0.151. The Balaban J connectivity index is 1.56. The second kappa shape index (κ2) is 12.6. The first-order valence-corrected chi connectivity index (χ1v) is 13.1. The Bertz CT molecular complexity index is 1160. The lowest BCUT2D eigenvalue weighted by Gasteiger charge is -2.12. The predicted octanol–water partition coefficient (Wildman–Crippen LogP) is 6.89. The molecule has 0 saturated carbocycles. The molecule has 0 aliphatic rings. The number of nitrogens with one attached hydrogen (secondary N) is 1. The van der Waals surface area contributed by atoms with Crippen LogP contribution in [-0.2, 0) is 17.8 Å². The number of thioether (sulfide) groups is 1. The second-order valence-electron chi connectivity index (χ2n) is 7.60. The number of aryl methyl sites for hydroxylation is 3. The molecule has 0 bridgehead atoms. The molecule has 1 N–H and O–H groups in total. The zero-order valence-corrected chi connectivity index (χ0v) is 22.8. The SMILES string of the molecule is C=CCn1c(CCCOc2ccc(Cl)cc2Br)nnc1SCC(=O)Nc1c(C)cc(C)cc1Cl. The Hall–Kier alpha value is -2.00. The van der Waals surface area contributed by atoms with Crippen LogP contribution < -0.4 is 10.1 Å².